The van der Waals surface area contributed by atoms with Gasteiger partial charge in [0.15, 0.2) is 5.84 Å². The first-order chi connectivity index (χ1) is 26.1. The van der Waals surface area contributed by atoms with Crippen molar-refractivity contribution >= 4 is 45.1 Å². The molecule has 2 heterocycles. The first kappa shape index (κ1) is 40.0. The number of nitrogens with zero attached hydrogens (tertiary/aromatic N) is 4. The average Bonchev–Trinajstić information content (AvgIpc) is 3.96. The summed E-state index contributed by atoms with van der Waals surface area (Å²) in [5.74, 6) is 1.29. The van der Waals surface area contributed by atoms with E-state index in [1.165, 1.54) is 0 Å². The zero-order valence-corrected chi connectivity index (χ0v) is 32.5. The summed E-state index contributed by atoms with van der Waals surface area (Å²) in [4.78, 5) is 32.5. The van der Waals surface area contributed by atoms with Crippen LogP contribution in [0.25, 0.3) is 22.8 Å². The van der Waals surface area contributed by atoms with Crippen molar-refractivity contribution in [2.24, 2.45) is 22.7 Å². The van der Waals surface area contributed by atoms with Crippen molar-refractivity contribution in [3.8, 4) is 28.7 Å². The highest BCUT2D eigenvalue weighted by Gasteiger charge is 2.32. The summed E-state index contributed by atoms with van der Waals surface area (Å²) >= 11 is 3.48. The van der Waals surface area contributed by atoms with Gasteiger partial charge < -0.3 is 40.3 Å². The van der Waals surface area contributed by atoms with Crippen molar-refractivity contribution in [1.29, 1.82) is 0 Å². The van der Waals surface area contributed by atoms with Crippen LogP contribution in [0.4, 0.5) is 11.4 Å². The number of oxime groups is 1. The van der Waals surface area contributed by atoms with E-state index < -0.39 is 0 Å². The Bertz CT molecular complexity index is 1870. The van der Waals surface area contributed by atoms with E-state index in [0.29, 0.717) is 41.9 Å². The van der Waals surface area contributed by atoms with Gasteiger partial charge in [0, 0.05) is 40.8 Å². The molecule has 15 heteroatoms. The molecule has 2 aliphatic carbocycles. The molecule has 4 aromatic rings. The fourth-order valence-corrected chi connectivity index (χ4v) is 6.91. The molecule has 6 rings (SSSR count). The molecule has 54 heavy (non-hydrogen) atoms. The number of pyridine rings is 1. The summed E-state index contributed by atoms with van der Waals surface area (Å²) in [6.07, 6.45) is 6.88. The molecule has 4 atom stereocenters. The molecule has 0 unspecified atom stereocenters. The number of benzene rings is 2. The minimum atomic E-state index is -0.0934. The van der Waals surface area contributed by atoms with Crippen LogP contribution in [0.15, 0.2) is 74.9 Å². The molecule has 0 saturated heterocycles. The van der Waals surface area contributed by atoms with Gasteiger partial charge in [0.2, 0.25) is 11.7 Å². The largest absolute Gasteiger partial charge is 0.474 e. The molecule has 5 N–H and O–H groups in total. The van der Waals surface area contributed by atoms with Gasteiger partial charge in [-0.1, -0.05) is 10.3 Å². The minimum absolute atomic E-state index is 0.00103. The van der Waals surface area contributed by atoms with Crippen LogP contribution < -0.4 is 21.1 Å². The van der Waals surface area contributed by atoms with Crippen molar-refractivity contribution < 1.29 is 33.5 Å². The number of aromatic nitrogens is 3. The van der Waals surface area contributed by atoms with Gasteiger partial charge in [0.1, 0.15) is 0 Å². The maximum Gasteiger partial charge on any atom is 0.308 e. The smallest absolute Gasteiger partial charge is 0.308 e. The number of amidine groups is 1. The van der Waals surface area contributed by atoms with Gasteiger partial charge in [-0.15, -0.1) is 0 Å². The highest BCUT2D eigenvalue weighted by atomic mass is 79.9. The summed E-state index contributed by atoms with van der Waals surface area (Å²) in [5, 5.41) is 22.6. The normalized spacial score (nSPS) is 19.5. The molecule has 288 valence electrons. The van der Waals surface area contributed by atoms with E-state index in [1.807, 2.05) is 70.2 Å². The van der Waals surface area contributed by atoms with Gasteiger partial charge in [-0.25, -0.2) is 4.98 Å². The predicted molar refractivity (Wildman–Crippen MR) is 208 cm³/mol. The second-order valence-electron chi connectivity index (χ2n) is 13.4. The average molecular weight is 807 g/mol. The lowest BCUT2D eigenvalue weighted by molar-refractivity contribution is -0.148. The fourth-order valence-electron chi connectivity index (χ4n) is 6.47. The van der Waals surface area contributed by atoms with E-state index in [-0.39, 0.29) is 47.8 Å². The van der Waals surface area contributed by atoms with Crippen molar-refractivity contribution in [2.45, 2.75) is 84.4 Å². The molecule has 0 amide bonds. The number of carbonyl (C=O) groups is 2. The van der Waals surface area contributed by atoms with E-state index in [0.717, 1.165) is 59.9 Å². The van der Waals surface area contributed by atoms with Crippen LogP contribution in [-0.4, -0.2) is 69.5 Å². The lowest BCUT2D eigenvalue weighted by atomic mass is 10.1. The Morgan fingerprint density at radius 3 is 1.96 bits per heavy atom. The molecule has 14 nitrogen and oxygen atoms in total. The summed E-state index contributed by atoms with van der Waals surface area (Å²) in [5.41, 5.74) is 9.68. The maximum atomic E-state index is 11.9. The van der Waals surface area contributed by atoms with Crippen LogP contribution in [0.2, 0.25) is 0 Å². The third-order valence-corrected chi connectivity index (χ3v) is 9.67. The van der Waals surface area contributed by atoms with Gasteiger partial charge in [-0.2, -0.15) is 4.98 Å². The number of rotatable bonds is 13. The Hall–Kier alpha value is -5.18. The number of ether oxygens (including phenoxy) is 3. The van der Waals surface area contributed by atoms with Gasteiger partial charge in [0.25, 0.3) is 5.89 Å². The summed E-state index contributed by atoms with van der Waals surface area (Å²) < 4.78 is 22.0. The molecule has 0 bridgehead atoms. The Morgan fingerprint density at radius 2 is 1.46 bits per heavy atom. The Labute approximate surface area is 323 Å². The topological polar surface area (TPSA) is 196 Å². The number of nitrogens with one attached hydrogen (secondary N) is 2. The molecule has 2 aromatic carbocycles. The molecule has 0 aliphatic heterocycles. The van der Waals surface area contributed by atoms with Crippen LogP contribution >= 0.6 is 15.9 Å². The third-order valence-electron chi connectivity index (χ3n) is 9.11. The first-order valence-electron chi connectivity index (χ1n) is 18.3. The standard InChI is InChI=1S/C24H27BrN4O4.C15H21N3O3/c1-4-31-24(30)16-7-10-19(11-16)27-18-8-5-15(6-9-18)21-28-22(33-29-21)17-12-20(25)23(26-13-17)32-14(2)3;1-2-21-15(19)11-5-8-13(9-11)17-12-6-3-10(4-7-12)14(16)18-20/h5-6,8-9,12-14,16,19,27H,4,7,10-11H2,1-3H3;3-4,6-7,11,13,17,20H,2,5,8-9H2,1H3,(H2,16,18)/t16-,19+;11-,13+/m11/s1. The highest BCUT2D eigenvalue weighted by Crippen LogP contribution is 2.32. The predicted octanol–water partition coefficient (Wildman–Crippen LogP) is 7.42. The van der Waals surface area contributed by atoms with Crippen LogP contribution in [0.5, 0.6) is 5.88 Å². The summed E-state index contributed by atoms with van der Waals surface area (Å²) in [6.45, 7) is 8.42. The molecule has 0 radical (unpaired) electrons. The molecule has 2 aliphatic rings. The van der Waals surface area contributed by atoms with E-state index in [2.05, 4.69) is 46.8 Å². The number of nitrogens with two attached hydrogens (primary N) is 1. The molecular formula is C39H48BrN7O7. The number of halogens is 1. The SMILES string of the molecule is CCOC(=O)[C@@H]1CC[C@H](Nc2ccc(-c3noc(-c4cnc(OC(C)C)c(Br)c4)n3)cc2)C1.CCOC(=O)[C@@H]1CC[C@H](Nc2ccc(/C(N)=N/O)cc2)C1. The van der Waals surface area contributed by atoms with E-state index in [1.54, 1.807) is 18.3 Å². The van der Waals surface area contributed by atoms with Gasteiger partial charge >= 0.3 is 11.9 Å². The summed E-state index contributed by atoms with van der Waals surface area (Å²) in [7, 11) is 0. The Balaban J connectivity index is 0.000000230. The highest BCUT2D eigenvalue weighted by molar-refractivity contribution is 9.10. The second-order valence-corrected chi connectivity index (χ2v) is 14.3. The quantitative estimate of drug-likeness (QED) is 0.0343. The first-order valence-corrected chi connectivity index (χ1v) is 19.1. The number of hydrogen-bond acceptors (Lipinski definition) is 13. The molecule has 0 spiro atoms. The fraction of sp³-hybridized carbons (Fsp3) is 0.436. The Morgan fingerprint density at radius 1 is 0.907 bits per heavy atom. The molecule has 2 aromatic heterocycles. The van der Waals surface area contributed by atoms with E-state index in [9.17, 15) is 9.59 Å². The van der Waals surface area contributed by atoms with Crippen LogP contribution in [0, 0.1) is 11.8 Å². The molecule has 2 fully saturated rings. The zero-order valence-electron chi connectivity index (χ0n) is 31.0. The number of hydrogen-bond donors (Lipinski definition) is 4. The number of esters is 2. The third kappa shape index (κ3) is 10.9. The van der Waals surface area contributed by atoms with E-state index in [4.69, 9.17) is 29.7 Å². The van der Waals surface area contributed by atoms with Crippen LogP contribution in [-0.2, 0) is 19.1 Å². The van der Waals surface area contributed by atoms with Crippen LogP contribution in [0.1, 0.15) is 71.8 Å². The van der Waals surface area contributed by atoms with E-state index >= 15 is 0 Å². The van der Waals surface area contributed by atoms with Crippen LogP contribution in [0.3, 0.4) is 0 Å². The minimum Gasteiger partial charge on any atom is -0.474 e. The monoisotopic (exact) mass is 805 g/mol. The molecular weight excluding hydrogens is 758 g/mol. The van der Waals surface area contributed by atoms with Crippen molar-refractivity contribution in [3.63, 3.8) is 0 Å². The lowest BCUT2D eigenvalue weighted by Gasteiger charge is -2.14. The lowest BCUT2D eigenvalue weighted by Crippen LogP contribution is -2.19. The number of carbonyl (C=O) groups excluding carboxylic acids is 2. The van der Waals surface area contributed by atoms with Crippen molar-refractivity contribution in [2.75, 3.05) is 23.8 Å². The van der Waals surface area contributed by atoms with Gasteiger partial charge in [0.05, 0.1) is 41.2 Å². The zero-order chi connectivity index (χ0) is 38.6. The number of anilines is 2. The second kappa shape index (κ2) is 19.2. The Kier molecular flexibility index (Phi) is 14.3. The van der Waals surface area contributed by atoms with Crippen molar-refractivity contribution in [1.82, 2.24) is 15.1 Å². The molecule has 2 saturated carbocycles. The maximum absolute atomic E-state index is 11.9. The summed E-state index contributed by atoms with van der Waals surface area (Å²) in [6, 6.07) is 17.6. The van der Waals surface area contributed by atoms with Gasteiger partial charge in [-0.3, -0.25) is 9.59 Å². The van der Waals surface area contributed by atoms with Crippen molar-refractivity contribution in [3.05, 3.63) is 70.8 Å². The van der Waals surface area contributed by atoms with Gasteiger partial charge in [-0.05, 0) is 137 Å².